The van der Waals surface area contributed by atoms with Crippen LogP contribution >= 0.6 is 0 Å². The Balaban J connectivity index is 3.61. The van der Waals surface area contributed by atoms with Crippen molar-refractivity contribution in [1.29, 1.82) is 0 Å². The van der Waals surface area contributed by atoms with Gasteiger partial charge in [0.05, 0.1) is 19.8 Å². The van der Waals surface area contributed by atoms with Crippen LogP contribution in [0.5, 0.6) is 11.5 Å². The van der Waals surface area contributed by atoms with E-state index in [0.29, 0.717) is 0 Å². The molecular formula is C13H19NO9. The number of methoxy groups -OCH3 is 2. The van der Waals surface area contributed by atoms with E-state index >= 15 is 0 Å². The number of hydrogen-bond donors (Lipinski definition) is 8. The molecule has 10 heteroatoms. The number of ether oxygens (including phenoxy) is 2. The smallest absolute Gasteiger partial charge is 0.320 e. The van der Waals surface area contributed by atoms with Crippen LogP contribution in [-0.2, 0) is 5.79 Å². The minimum absolute atomic E-state index is 0.0319. The van der Waals surface area contributed by atoms with Gasteiger partial charge in [-0.3, -0.25) is 0 Å². The van der Waals surface area contributed by atoms with Gasteiger partial charge in [0.15, 0.2) is 0 Å². The lowest BCUT2D eigenvalue weighted by molar-refractivity contribution is -0.168. The van der Waals surface area contributed by atoms with Crippen molar-refractivity contribution in [3.8, 4) is 11.5 Å². The summed E-state index contributed by atoms with van der Waals surface area (Å²) in [5, 5.41) is 66.1. The molecule has 0 saturated heterocycles. The molecule has 23 heavy (non-hydrogen) atoms. The van der Waals surface area contributed by atoms with Gasteiger partial charge in [-0.15, -0.1) is 0 Å². The van der Waals surface area contributed by atoms with Gasteiger partial charge in [-0.2, -0.15) is 0 Å². The van der Waals surface area contributed by atoms with Crippen LogP contribution in [0.2, 0.25) is 0 Å². The number of benzene rings is 1. The highest BCUT2D eigenvalue weighted by molar-refractivity contribution is 5.51. The SMILES string of the molecule is COc1cc(C(O)(O)C(O)=C(O)O)c(OC)cc1C(O)C(N)O. The summed E-state index contributed by atoms with van der Waals surface area (Å²) < 4.78 is 9.89. The Kier molecular flexibility index (Phi) is 5.64. The third kappa shape index (κ3) is 3.57. The topological polar surface area (TPSA) is 186 Å². The van der Waals surface area contributed by atoms with E-state index in [4.69, 9.17) is 25.4 Å². The molecule has 0 saturated carbocycles. The summed E-state index contributed by atoms with van der Waals surface area (Å²) in [5.41, 5.74) is 4.64. The Bertz CT molecular complexity index is 593. The zero-order chi connectivity index (χ0) is 17.9. The van der Waals surface area contributed by atoms with Gasteiger partial charge in [0, 0.05) is 5.56 Å². The van der Waals surface area contributed by atoms with Gasteiger partial charge in [0.2, 0.25) is 5.76 Å². The molecule has 2 unspecified atom stereocenters. The fourth-order valence-corrected chi connectivity index (χ4v) is 1.89. The minimum Gasteiger partial charge on any atom is -0.502 e. The molecule has 130 valence electrons. The highest BCUT2D eigenvalue weighted by Gasteiger charge is 2.39. The number of aliphatic hydroxyl groups excluding tert-OH is 4. The summed E-state index contributed by atoms with van der Waals surface area (Å²) in [6.45, 7) is 0. The van der Waals surface area contributed by atoms with E-state index in [-0.39, 0.29) is 17.1 Å². The van der Waals surface area contributed by atoms with Crippen molar-refractivity contribution < 1.29 is 45.2 Å². The first kappa shape index (κ1) is 18.8. The molecule has 0 spiro atoms. The fraction of sp³-hybridized carbons (Fsp3) is 0.385. The van der Waals surface area contributed by atoms with Crippen LogP contribution in [0, 0.1) is 0 Å². The van der Waals surface area contributed by atoms with Crippen LogP contribution in [0.1, 0.15) is 17.2 Å². The van der Waals surface area contributed by atoms with Gasteiger partial charge < -0.3 is 51.0 Å². The van der Waals surface area contributed by atoms with Crippen molar-refractivity contribution in [2.75, 3.05) is 14.2 Å². The molecular weight excluding hydrogens is 314 g/mol. The van der Waals surface area contributed by atoms with Crippen LogP contribution in [0.4, 0.5) is 0 Å². The number of hydrogen-bond acceptors (Lipinski definition) is 10. The third-order valence-electron chi connectivity index (χ3n) is 3.11. The average Bonchev–Trinajstić information content (AvgIpc) is 2.51. The van der Waals surface area contributed by atoms with Crippen molar-refractivity contribution >= 4 is 0 Å². The molecule has 0 aliphatic carbocycles. The quantitative estimate of drug-likeness (QED) is 0.237. The van der Waals surface area contributed by atoms with E-state index in [9.17, 15) is 25.5 Å². The first-order valence-corrected chi connectivity index (χ1v) is 6.22. The van der Waals surface area contributed by atoms with Gasteiger partial charge in [0.1, 0.15) is 23.8 Å². The van der Waals surface area contributed by atoms with Crippen molar-refractivity contribution in [2.24, 2.45) is 5.73 Å². The Labute approximate surface area is 130 Å². The lowest BCUT2D eigenvalue weighted by Gasteiger charge is -2.25. The molecule has 1 rings (SSSR count). The lowest BCUT2D eigenvalue weighted by atomic mass is 9.97. The van der Waals surface area contributed by atoms with Crippen LogP contribution in [0.25, 0.3) is 0 Å². The highest BCUT2D eigenvalue weighted by Crippen LogP contribution is 2.40. The second kappa shape index (κ2) is 6.89. The molecule has 0 aromatic heterocycles. The summed E-state index contributed by atoms with van der Waals surface area (Å²) in [6, 6.07) is 2.04. The molecule has 0 bridgehead atoms. The fourth-order valence-electron chi connectivity index (χ4n) is 1.89. The van der Waals surface area contributed by atoms with E-state index in [1.165, 1.54) is 7.11 Å². The van der Waals surface area contributed by atoms with E-state index in [2.05, 4.69) is 0 Å². The van der Waals surface area contributed by atoms with E-state index < -0.39 is 35.4 Å². The molecule has 0 amide bonds. The predicted molar refractivity (Wildman–Crippen MR) is 75.7 cm³/mol. The summed E-state index contributed by atoms with van der Waals surface area (Å²) >= 11 is 0. The lowest BCUT2D eigenvalue weighted by Crippen LogP contribution is -2.31. The Morgan fingerprint density at radius 1 is 1.04 bits per heavy atom. The molecule has 2 atom stereocenters. The largest absolute Gasteiger partial charge is 0.502 e. The molecule has 0 aliphatic heterocycles. The van der Waals surface area contributed by atoms with E-state index in [1.807, 2.05) is 0 Å². The maximum atomic E-state index is 9.95. The van der Waals surface area contributed by atoms with Gasteiger partial charge in [-0.05, 0) is 12.1 Å². The van der Waals surface area contributed by atoms with Crippen LogP contribution in [0.3, 0.4) is 0 Å². The maximum Gasteiger partial charge on any atom is 0.320 e. The first-order chi connectivity index (χ1) is 10.6. The molecule has 10 nitrogen and oxygen atoms in total. The van der Waals surface area contributed by atoms with E-state index in [1.54, 1.807) is 0 Å². The zero-order valence-corrected chi connectivity index (χ0v) is 12.3. The van der Waals surface area contributed by atoms with Gasteiger partial charge >= 0.3 is 5.95 Å². The number of aliphatic hydroxyl groups is 7. The number of rotatable bonds is 6. The molecule has 0 radical (unpaired) electrons. The Morgan fingerprint density at radius 3 is 1.96 bits per heavy atom. The van der Waals surface area contributed by atoms with Crippen molar-refractivity contribution in [2.45, 2.75) is 18.1 Å². The monoisotopic (exact) mass is 333 g/mol. The Hall–Kier alpha value is -2.24. The molecule has 1 aromatic rings. The molecule has 0 aliphatic rings. The zero-order valence-electron chi connectivity index (χ0n) is 12.3. The normalized spacial score (nSPS) is 14.0. The highest BCUT2D eigenvalue weighted by atomic mass is 16.5. The van der Waals surface area contributed by atoms with Gasteiger partial charge in [-0.25, -0.2) is 0 Å². The summed E-state index contributed by atoms with van der Waals surface area (Å²) in [7, 11) is 2.34. The minimum atomic E-state index is -3.22. The van der Waals surface area contributed by atoms with Gasteiger partial charge in [-0.1, -0.05) is 0 Å². The van der Waals surface area contributed by atoms with Crippen molar-refractivity contribution in [1.82, 2.24) is 0 Å². The standard InChI is InChI=1S/C13H19NO9/c1-22-7-4-6(13(20,21)10(16)12(18)19)8(23-2)3-5(7)9(15)11(14)17/h3-4,9,11,15-21H,14H2,1-2H3. The summed E-state index contributed by atoms with van der Waals surface area (Å²) in [6.07, 6.45) is -3.22. The van der Waals surface area contributed by atoms with Gasteiger partial charge in [0.25, 0.3) is 5.79 Å². The second-order valence-electron chi connectivity index (χ2n) is 4.57. The first-order valence-electron chi connectivity index (χ1n) is 6.22. The second-order valence-corrected chi connectivity index (χ2v) is 4.57. The molecule has 9 N–H and O–H groups in total. The van der Waals surface area contributed by atoms with Crippen molar-refractivity contribution in [3.05, 3.63) is 35.0 Å². The average molecular weight is 333 g/mol. The molecule has 0 fully saturated rings. The van der Waals surface area contributed by atoms with Crippen LogP contribution < -0.4 is 15.2 Å². The van der Waals surface area contributed by atoms with Crippen LogP contribution in [-0.4, -0.2) is 56.2 Å². The van der Waals surface area contributed by atoms with E-state index in [0.717, 1.165) is 19.2 Å². The molecule has 0 heterocycles. The molecule has 1 aromatic carbocycles. The van der Waals surface area contributed by atoms with Crippen molar-refractivity contribution in [3.63, 3.8) is 0 Å². The predicted octanol–water partition coefficient (Wildman–Crippen LogP) is -1.01. The van der Waals surface area contributed by atoms with Crippen LogP contribution in [0.15, 0.2) is 23.8 Å². The number of nitrogens with two attached hydrogens (primary N) is 1. The summed E-state index contributed by atoms with van der Waals surface area (Å²) in [5.74, 6) is -6.88. The third-order valence-corrected chi connectivity index (χ3v) is 3.11. The Morgan fingerprint density at radius 2 is 1.57 bits per heavy atom. The summed E-state index contributed by atoms with van der Waals surface area (Å²) in [4.78, 5) is 0. The maximum absolute atomic E-state index is 9.95.